The molecular weight excluding hydrogens is 192 g/mol. The molecule has 0 spiro atoms. The maximum atomic E-state index is 11.2. The highest BCUT2D eigenvalue weighted by molar-refractivity contribution is 5.88. The lowest BCUT2D eigenvalue weighted by atomic mass is 10.3. The number of hydrogen-bond acceptors (Lipinski definition) is 4. The van der Waals surface area contributed by atoms with Gasteiger partial charge >= 0.3 is 5.97 Å². The molecule has 0 saturated heterocycles. The highest BCUT2D eigenvalue weighted by Crippen LogP contribution is 2.07. The van der Waals surface area contributed by atoms with Gasteiger partial charge in [0.15, 0.2) is 0 Å². The summed E-state index contributed by atoms with van der Waals surface area (Å²) in [5, 5.41) is 3.04. The Balaban J connectivity index is 2.72. The molecule has 15 heavy (non-hydrogen) atoms. The topological polar surface area (TPSA) is 51.2 Å². The van der Waals surface area contributed by atoms with Crippen LogP contribution in [0, 0.1) is 11.8 Å². The van der Waals surface area contributed by atoms with E-state index in [1.807, 2.05) is 0 Å². The number of ether oxygens (including phenoxy) is 1. The summed E-state index contributed by atoms with van der Waals surface area (Å²) in [5.74, 6) is 5.18. The molecule has 1 heterocycles. The Morgan fingerprint density at radius 1 is 1.67 bits per heavy atom. The predicted molar refractivity (Wildman–Crippen MR) is 57.5 cm³/mol. The Kier molecular flexibility index (Phi) is 4.17. The molecule has 0 aromatic carbocycles. The Morgan fingerprint density at radius 3 is 3.13 bits per heavy atom. The molecule has 0 aliphatic heterocycles. The summed E-state index contributed by atoms with van der Waals surface area (Å²) in [6.45, 7) is 2.31. The molecule has 0 aliphatic rings. The standard InChI is InChI=1S/C11H12N2O2/c1-3-4-6-12-9-5-7-13-10(8-9)11(14)15-2/h5,7-8H,6H2,1-2H3,(H,12,13). The first kappa shape index (κ1) is 11.1. The van der Waals surface area contributed by atoms with Crippen molar-refractivity contribution < 1.29 is 9.53 Å². The zero-order chi connectivity index (χ0) is 11.1. The van der Waals surface area contributed by atoms with Gasteiger partial charge in [0.2, 0.25) is 0 Å². The van der Waals surface area contributed by atoms with Gasteiger partial charge in [-0.25, -0.2) is 9.78 Å². The monoisotopic (exact) mass is 204 g/mol. The third-order valence-electron chi connectivity index (χ3n) is 1.71. The van der Waals surface area contributed by atoms with Crippen LogP contribution in [0.4, 0.5) is 5.69 Å². The maximum absolute atomic E-state index is 11.2. The second-order valence-corrected chi connectivity index (χ2v) is 2.70. The largest absolute Gasteiger partial charge is 0.464 e. The number of hydrogen-bond donors (Lipinski definition) is 1. The van der Waals surface area contributed by atoms with E-state index in [2.05, 4.69) is 26.9 Å². The van der Waals surface area contributed by atoms with Crippen molar-refractivity contribution in [2.75, 3.05) is 19.0 Å². The van der Waals surface area contributed by atoms with Crippen molar-refractivity contribution in [3.05, 3.63) is 24.0 Å². The summed E-state index contributed by atoms with van der Waals surface area (Å²) in [6.07, 6.45) is 1.55. The Bertz CT molecular complexity index is 405. The molecular formula is C11H12N2O2. The fraction of sp³-hybridized carbons (Fsp3) is 0.273. The van der Waals surface area contributed by atoms with Crippen LogP contribution in [0.25, 0.3) is 0 Å². The average molecular weight is 204 g/mol. The van der Waals surface area contributed by atoms with Gasteiger partial charge in [-0.1, -0.05) is 5.92 Å². The molecule has 1 N–H and O–H groups in total. The van der Waals surface area contributed by atoms with Crippen molar-refractivity contribution in [3.8, 4) is 11.8 Å². The fourth-order valence-corrected chi connectivity index (χ4v) is 0.991. The van der Waals surface area contributed by atoms with Crippen LogP contribution >= 0.6 is 0 Å². The van der Waals surface area contributed by atoms with Crippen molar-refractivity contribution in [1.29, 1.82) is 0 Å². The molecule has 0 atom stereocenters. The van der Waals surface area contributed by atoms with Gasteiger partial charge in [-0.2, -0.15) is 0 Å². The summed E-state index contributed by atoms with van der Waals surface area (Å²) in [7, 11) is 1.33. The first-order valence-corrected chi connectivity index (χ1v) is 4.45. The lowest BCUT2D eigenvalue weighted by Gasteiger charge is -2.03. The number of nitrogens with zero attached hydrogens (tertiary/aromatic N) is 1. The number of esters is 1. The van der Waals surface area contributed by atoms with Crippen LogP contribution < -0.4 is 5.32 Å². The van der Waals surface area contributed by atoms with E-state index in [0.717, 1.165) is 5.69 Å². The number of methoxy groups -OCH3 is 1. The smallest absolute Gasteiger partial charge is 0.356 e. The molecule has 4 nitrogen and oxygen atoms in total. The van der Waals surface area contributed by atoms with Crippen molar-refractivity contribution in [3.63, 3.8) is 0 Å². The van der Waals surface area contributed by atoms with E-state index in [1.165, 1.54) is 7.11 Å². The molecule has 0 bridgehead atoms. The van der Waals surface area contributed by atoms with Crippen molar-refractivity contribution in [2.24, 2.45) is 0 Å². The minimum absolute atomic E-state index is 0.284. The van der Waals surface area contributed by atoms with E-state index in [-0.39, 0.29) is 5.69 Å². The number of carbonyl (C=O) groups is 1. The number of carbonyl (C=O) groups excluding carboxylic acids is 1. The van der Waals surface area contributed by atoms with Crippen molar-refractivity contribution in [2.45, 2.75) is 6.92 Å². The number of nitrogens with one attached hydrogen (secondary N) is 1. The van der Waals surface area contributed by atoms with Gasteiger partial charge in [0.05, 0.1) is 13.7 Å². The lowest BCUT2D eigenvalue weighted by molar-refractivity contribution is 0.0594. The highest BCUT2D eigenvalue weighted by atomic mass is 16.5. The zero-order valence-electron chi connectivity index (χ0n) is 8.70. The molecule has 4 heteroatoms. The van der Waals surface area contributed by atoms with Crippen LogP contribution in [0.15, 0.2) is 18.3 Å². The average Bonchev–Trinajstić information content (AvgIpc) is 2.29. The summed E-state index contributed by atoms with van der Waals surface area (Å²) >= 11 is 0. The van der Waals surface area contributed by atoms with Crippen LogP contribution in [0.5, 0.6) is 0 Å². The third kappa shape index (κ3) is 3.31. The van der Waals surface area contributed by atoms with E-state index in [9.17, 15) is 4.79 Å². The molecule has 0 radical (unpaired) electrons. The summed E-state index contributed by atoms with van der Waals surface area (Å²) < 4.78 is 4.56. The SMILES string of the molecule is CC#CCNc1ccnc(C(=O)OC)c1. The van der Waals surface area contributed by atoms with Gasteiger partial charge in [0.1, 0.15) is 5.69 Å². The van der Waals surface area contributed by atoms with Gasteiger partial charge in [-0.15, -0.1) is 5.92 Å². The summed E-state index contributed by atoms with van der Waals surface area (Å²) in [6, 6.07) is 3.40. The minimum atomic E-state index is -0.444. The van der Waals surface area contributed by atoms with Crippen LogP contribution in [-0.4, -0.2) is 24.6 Å². The number of rotatable bonds is 3. The third-order valence-corrected chi connectivity index (χ3v) is 1.71. The Labute approximate surface area is 88.7 Å². The maximum Gasteiger partial charge on any atom is 0.356 e. The Morgan fingerprint density at radius 2 is 2.47 bits per heavy atom. The minimum Gasteiger partial charge on any atom is -0.464 e. The molecule has 0 saturated carbocycles. The van der Waals surface area contributed by atoms with E-state index < -0.39 is 5.97 Å². The quantitative estimate of drug-likeness (QED) is 0.595. The number of anilines is 1. The molecule has 0 unspecified atom stereocenters. The molecule has 0 fully saturated rings. The van der Waals surface area contributed by atoms with Gasteiger partial charge < -0.3 is 10.1 Å². The number of pyridine rings is 1. The molecule has 78 valence electrons. The highest BCUT2D eigenvalue weighted by Gasteiger charge is 2.06. The van der Waals surface area contributed by atoms with Gasteiger partial charge in [-0.05, 0) is 19.1 Å². The van der Waals surface area contributed by atoms with E-state index in [4.69, 9.17) is 0 Å². The second-order valence-electron chi connectivity index (χ2n) is 2.70. The van der Waals surface area contributed by atoms with Crippen LogP contribution in [0.3, 0.4) is 0 Å². The van der Waals surface area contributed by atoms with Crippen LogP contribution in [-0.2, 0) is 4.74 Å². The Hall–Kier alpha value is -2.02. The zero-order valence-corrected chi connectivity index (χ0v) is 8.70. The van der Waals surface area contributed by atoms with E-state index >= 15 is 0 Å². The summed E-state index contributed by atoms with van der Waals surface area (Å²) in [5.41, 5.74) is 1.08. The molecule has 1 aromatic rings. The molecule has 0 amide bonds. The lowest BCUT2D eigenvalue weighted by Crippen LogP contribution is -2.06. The number of aromatic nitrogens is 1. The van der Waals surface area contributed by atoms with E-state index in [1.54, 1.807) is 25.3 Å². The van der Waals surface area contributed by atoms with Gasteiger partial charge in [0, 0.05) is 11.9 Å². The van der Waals surface area contributed by atoms with Gasteiger partial charge in [0.25, 0.3) is 0 Å². The van der Waals surface area contributed by atoms with E-state index in [0.29, 0.717) is 6.54 Å². The summed E-state index contributed by atoms with van der Waals surface area (Å²) in [4.78, 5) is 15.0. The first-order chi connectivity index (χ1) is 7.27. The second kappa shape index (κ2) is 5.66. The van der Waals surface area contributed by atoms with Crippen LogP contribution in [0.2, 0.25) is 0 Å². The van der Waals surface area contributed by atoms with Crippen molar-refractivity contribution >= 4 is 11.7 Å². The normalized spacial score (nSPS) is 8.67. The van der Waals surface area contributed by atoms with Crippen molar-refractivity contribution in [1.82, 2.24) is 4.98 Å². The molecule has 1 aromatic heterocycles. The van der Waals surface area contributed by atoms with Crippen LogP contribution in [0.1, 0.15) is 17.4 Å². The van der Waals surface area contributed by atoms with Gasteiger partial charge in [-0.3, -0.25) is 0 Å². The first-order valence-electron chi connectivity index (χ1n) is 4.45. The molecule has 1 rings (SSSR count). The predicted octanol–water partition coefficient (Wildman–Crippen LogP) is 1.30. The fourth-order valence-electron chi connectivity index (χ4n) is 0.991. The molecule has 0 aliphatic carbocycles.